The molecule has 1 atom stereocenters. The lowest BCUT2D eigenvalue weighted by Gasteiger charge is -2.18. The van der Waals surface area contributed by atoms with Gasteiger partial charge in [0, 0.05) is 25.7 Å². The number of anilines is 1. The number of nitrogens with zero attached hydrogens (tertiary/aromatic N) is 2. The Bertz CT molecular complexity index is 402. The van der Waals surface area contributed by atoms with Crippen LogP contribution in [0.25, 0.3) is 0 Å². The number of carbonyl (C=O) groups excluding carboxylic acids is 1. The SMILES string of the molecule is Cn1ccc(NC(=O)CC(CCN)C(F)(F)F)n1. The molecule has 0 aliphatic rings. The molecule has 0 spiro atoms. The zero-order valence-corrected chi connectivity index (χ0v) is 9.87. The largest absolute Gasteiger partial charge is 0.392 e. The summed E-state index contributed by atoms with van der Waals surface area (Å²) in [6.45, 7) is -0.110. The summed E-state index contributed by atoms with van der Waals surface area (Å²) in [4.78, 5) is 11.5. The van der Waals surface area contributed by atoms with E-state index in [9.17, 15) is 18.0 Å². The molecule has 1 aromatic heterocycles. The molecule has 102 valence electrons. The molecule has 0 aliphatic carbocycles. The molecular formula is C10H15F3N4O. The number of alkyl halides is 3. The van der Waals surface area contributed by atoms with Gasteiger partial charge in [-0.25, -0.2) is 0 Å². The first-order chi connectivity index (χ1) is 8.32. The molecule has 0 aromatic carbocycles. The summed E-state index contributed by atoms with van der Waals surface area (Å²) in [5, 5.41) is 6.16. The van der Waals surface area contributed by atoms with Crippen molar-refractivity contribution in [3.8, 4) is 0 Å². The van der Waals surface area contributed by atoms with Crippen molar-refractivity contribution in [3.05, 3.63) is 12.3 Å². The van der Waals surface area contributed by atoms with Gasteiger partial charge < -0.3 is 11.1 Å². The molecule has 1 amide bonds. The van der Waals surface area contributed by atoms with Crippen LogP contribution >= 0.6 is 0 Å². The molecule has 1 rings (SSSR count). The summed E-state index contributed by atoms with van der Waals surface area (Å²) < 4.78 is 39.1. The van der Waals surface area contributed by atoms with Gasteiger partial charge in [0.05, 0.1) is 5.92 Å². The summed E-state index contributed by atoms with van der Waals surface area (Å²) in [5.74, 6) is -2.20. The van der Waals surface area contributed by atoms with E-state index in [0.29, 0.717) is 0 Å². The van der Waals surface area contributed by atoms with E-state index in [1.807, 2.05) is 0 Å². The molecule has 18 heavy (non-hydrogen) atoms. The molecule has 0 radical (unpaired) electrons. The fraction of sp³-hybridized carbons (Fsp3) is 0.600. The molecule has 0 saturated carbocycles. The second kappa shape index (κ2) is 5.85. The van der Waals surface area contributed by atoms with Crippen LogP contribution < -0.4 is 11.1 Å². The van der Waals surface area contributed by atoms with E-state index in [4.69, 9.17) is 5.73 Å². The van der Waals surface area contributed by atoms with Crippen LogP contribution in [-0.2, 0) is 11.8 Å². The Morgan fingerprint density at radius 2 is 2.28 bits per heavy atom. The lowest BCUT2D eigenvalue weighted by atomic mass is 10.0. The number of carbonyl (C=O) groups is 1. The average Bonchev–Trinajstić information content (AvgIpc) is 2.62. The van der Waals surface area contributed by atoms with Crippen LogP contribution in [0.15, 0.2) is 12.3 Å². The minimum absolute atomic E-state index is 0.110. The molecular weight excluding hydrogens is 249 g/mol. The van der Waals surface area contributed by atoms with Crippen molar-refractivity contribution in [2.45, 2.75) is 19.0 Å². The van der Waals surface area contributed by atoms with Gasteiger partial charge in [0.25, 0.3) is 0 Å². The molecule has 0 bridgehead atoms. The number of nitrogens with two attached hydrogens (primary N) is 1. The molecule has 0 aliphatic heterocycles. The number of halogens is 3. The monoisotopic (exact) mass is 264 g/mol. The zero-order valence-electron chi connectivity index (χ0n) is 9.87. The number of aryl methyl sites for hydroxylation is 1. The Kier molecular flexibility index (Phi) is 4.71. The Morgan fingerprint density at radius 1 is 1.61 bits per heavy atom. The van der Waals surface area contributed by atoms with Gasteiger partial charge in [-0.1, -0.05) is 0 Å². The lowest BCUT2D eigenvalue weighted by Crippen LogP contribution is -2.30. The van der Waals surface area contributed by atoms with Crippen LogP contribution in [0, 0.1) is 5.92 Å². The third-order valence-electron chi connectivity index (χ3n) is 2.39. The fourth-order valence-corrected chi connectivity index (χ4v) is 1.48. The van der Waals surface area contributed by atoms with Gasteiger partial charge in [0.1, 0.15) is 0 Å². The first-order valence-electron chi connectivity index (χ1n) is 5.39. The van der Waals surface area contributed by atoms with Crippen LogP contribution in [0.2, 0.25) is 0 Å². The Balaban J connectivity index is 2.56. The Labute approximate surface area is 102 Å². The highest BCUT2D eigenvalue weighted by Crippen LogP contribution is 2.31. The van der Waals surface area contributed by atoms with E-state index in [-0.39, 0.29) is 18.8 Å². The minimum Gasteiger partial charge on any atom is -0.330 e. The van der Waals surface area contributed by atoms with E-state index < -0.39 is 24.4 Å². The van der Waals surface area contributed by atoms with Gasteiger partial charge in [0.2, 0.25) is 5.91 Å². The Morgan fingerprint density at radius 3 is 2.72 bits per heavy atom. The minimum atomic E-state index is -4.42. The maximum Gasteiger partial charge on any atom is 0.392 e. The van der Waals surface area contributed by atoms with E-state index in [0.717, 1.165) is 0 Å². The summed E-state index contributed by atoms with van der Waals surface area (Å²) in [6.07, 6.45) is -3.74. The third-order valence-corrected chi connectivity index (χ3v) is 2.39. The van der Waals surface area contributed by atoms with Crippen molar-refractivity contribution in [3.63, 3.8) is 0 Å². The van der Waals surface area contributed by atoms with Crippen LogP contribution in [0.4, 0.5) is 19.0 Å². The van der Waals surface area contributed by atoms with Crippen molar-refractivity contribution in [2.75, 3.05) is 11.9 Å². The van der Waals surface area contributed by atoms with Gasteiger partial charge in [-0.05, 0) is 13.0 Å². The Hall–Kier alpha value is -1.57. The highest BCUT2D eigenvalue weighted by molar-refractivity contribution is 5.89. The van der Waals surface area contributed by atoms with E-state index in [2.05, 4.69) is 10.4 Å². The molecule has 1 aromatic rings. The highest BCUT2D eigenvalue weighted by atomic mass is 19.4. The quantitative estimate of drug-likeness (QED) is 0.841. The van der Waals surface area contributed by atoms with Crippen LogP contribution in [0.1, 0.15) is 12.8 Å². The highest BCUT2D eigenvalue weighted by Gasteiger charge is 2.40. The van der Waals surface area contributed by atoms with Crippen molar-refractivity contribution in [1.82, 2.24) is 9.78 Å². The van der Waals surface area contributed by atoms with Crippen molar-refractivity contribution < 1.29 is 18.0 Å². The third kappa shape index (κ3) is 4.36. The fourth-order valence-electron chi connectivity index (χ4n) is 1.48. The van der Waals surface area contributed by atoms with Gasteiger partial charge in [-0.3, -0.25) is 9.48 Å². The number of rotatable bonds is 5. The first kappa shape index (κ1) is 14.5. The lowest BCUT2D eigenvalue weighted by molar-refractivity contribution is -0.179. The number of hydrogen-bond acceptors (Lipinski definition) is 3. The second-order valence-electron chi connectivity index (χ2n) is 3.94. The summed E-state index contributed by atoms with van der Waals surface area (Å²) in [7, 11) is 1.64. The molecule has 3 N–H and O–H groups in total. The second-order valence-corrected chi connectivity index (χ2v) is 3.94. The standard InChI is InChI=1S/C10H15F3N4O/c1-17-5-3-8(16-17)15-9(18)6-7(2-4-14)10(11,12)13/h3,5,7H,2,4,6,14H2,1H3,(H,15,16,18). The molecule has 1 heterocycles. The molecule has 8 heteroatoms. The number of hydrogen-bond donors (Lipinski definition) is 2. The van der Waals surface area contributed by atoms with Crippen LogP contribution in [0.5, 0.6) is 0 Å². The summed E-state index contributed by atoms with van der Waals surface area (Å²) in [6, 6.07) is 1.50. The number of nitrogens with one attached hydrogen (secondary N) is 1. The van der Waals surface area contributed by atoms with Crippen molar-refractivity contribution in [2.24, 2.45) is 18.7 Å². The topological polar surface area (TPSA) is 72.9 Å². The van der Waals surface area contributed by atoms with Gasteiger partial charge in [-0.15, -0.1) is 0 Å². The summed E-state index contributed by atoms with van der Waals surface area (Å²) in [5.41, 5.74) is 5.11. The van der Waals surface area contributed by atoms with Crippen LogP contribution in [0.3, 0.4) is 0 Å². The zero-order chi connectivity index (χ0) is 13.8. The predicted molar refractivity (Wildman–Crippen MR) is 59.7 cm³/mol. The van der Waals surface area contributed by atoms with E-state index >= 15 is 0 Å². The number of amides is 1. The van der Waals surface area contributed by atoms with Crippen molar-refractivity contribution in [1.29, 1.82) is 0 Å². The molecule has 5 nitrogen and oxygen atoms in total. The van der Waals surface area contributed by atoms with E-state index in [1.54, 1.807) is 13.2 Å². The van der Waals surface area contributed by atoms with E-state index in [1.165, 1.54) is 10.7 Å². The average molecular weight is 264 g/mol. The van der Waals surface area contributed by atoms with Gasteiger partial charge in [-0.2, -0.15) is 18.3 Å². The van der Waals surface area contributed by atoms with Crippen LogP contribution in [-0.4, -0.2) is 28.4 Å². The maximum absolute atomic E-state index is 12.6. The van der Waals surface area contributed by atoms with Gasteiger partial charge >= 0.3 is 6.18 Å². The molecule has 0 fully saturated rings. The normalized spacial score (nSPS) is 13.4. The van der Waals surface area contributed by atoms with Crippen molar-refractivity contribution >= 4 is 11.7 Å². The predicted octanol–water partition coefficient (Wildman–Crippen LogP) is 1.28. The molecule has 1 unspecified atom stereocenters. The molecule has 0 saturated heterocycles. The summed E-state index contributed by atoms with van der Waals surface area (Å²) >= 11 is 0. The first-order valence-corrected chi connectivity index (χ1v) is 5.39. The van der Waals surface area contributed by atoms with Gasteiger partial charge in [0.15, 0.2) is 5.82 Å². The number of aromatic nitrogens is 2. The smallest absolute Gasteiger partial charge is 0.330 e. The maximum atomic E-state index is 12.6.